The molecule has 2 rings (SSSR count). The van der Waals surface area contributed by atoms with E-state index in [1.54, 1.807) is 24.3 Å². The molecule has 0 radical (unpaired) electrons. The molecule has 0 aliphatic heterocycles. The van der Waals surface area contributed by atoms with Gasteiger partial charge in [-0.25, -0.2) is 4.79 Å². The van der Waals surface area contributed by atoms with Crippen LogP contribution < -0.4 is 10.6 Å². The molecule has 5 nitrogen and oxygen atoms in total. The molecule has 2 N–H and O–H groups in total. The SMILES string of the molecule is CSc1nnc(NC(=O)Nc2ccc(Cl)cc2)s1. The quantitative estimate of drug-likeness (QED) is 0.672. The number of aromatic nitrogens is 2. The van der Waals surface area contributed by atoms with Gasteiger partial charge in [-0.1, -0.05) is 34.7 Å². The van der Waals surface area contributed by atoms with Gasteiger partial charge >= 0.3 is 6.03 Å². The lowest BCUT2D eigenvalue weighted by molar-refractivity contribution is 0.262. The van der Waals surface area contributed by atoms with Crippen molar-refractivity contribution in [2.24, 2.45) is 0 Å². The van der Waals surface area contributed by atoms with Gasteiger partial charge in [0.05, 0.1) is 0 Å². The number of rotatable bonds is 3. The summed E-state index contributed by atoms with van der Waals surface area (Å²) in [4.78, 5) is 11.6. The summed E-state index contributed by atoms with van der Waals surface area (Å²) in [5, 5.41) is 14.1. The zero-order chi connectivity index (χ0) is 13.0. The van der Waals surface area contributed by atoms with Gasteiger partial charge < -0.3 is 5.32 Å². The average molecular weight is 301 g/mol. The highest BCUT2D eigenvalue weighted by Gasteiger charge is 2.07. The predicted octanol–water partition coefficient (Wildman–Crippen LogP) is 3.56. The van der Waals surface area contributed by atoms with Crippen LogP contribution in [0.2, 0.25) is 5.02 Å². The number of thioether (sulfide) groups is 1. The Labute approximate surface area is 117 Å². The van der Waals surface area contributed by atoms with Crippen molar-refractivity contribution < 1.29 is 4.79 Å². The third kappa shape index (κ3) is 3.59. The van der Waals surface area contributed by atoms with Crippen molar-refractivity contribution in [1.82, 2.24) is 10.2 Å². The van der Waals surface area contributed by atoms with Gasteiger partial charge in [-0.2, -0.15) is 0 Å². The first kappa shape index (κ1) is 13.1. The fourth-order valence-corrected chi connectivity index (χ4v) is 2.43. The van der Waals surface area contributed by atoms with E-state index in [1.807, 2.05) is 6.26 Å². The smallest absolute Gasteiger partial charge is 0.308 e. The fourth-order valence-electron chi connectivity index (χ4n) is 1.14. The summed E-state index contributed by atoms with van der Waals surface area (Å²) in [5.41, 5.74) is 0.659. The maximum atomic E-state index is 11.6. The first-order valence-corrected chi connectivity index (χ1v) is 7.30. The molecule has 8 heteroatoms. The van der Waals surface area contributed by atoms with Gasteiger partial charge in [0, 0.05) is 10.7 Å². The van der Waals surface area contributed by atoms with E-state index in [0.717, 1.165) is 4.34 Å². The van der Waals surface area contributed by atoms with Gasteiger partial charge in [-0.15, -0.1) is 10.2 Å². The summed E-state index contributed by atoms with van der Waals surface area (Å²) in [6.45, 7) is 0. The Morgan fingerprint density at radius 2 is 2.00 bits per heavy atom. The minimum atomic E-state index is -0.360. The zero-order valence-electron chi connectivity index (χ0n) is 9.31. The Balaban J connectivity index is 1.94. The Kier molecular flexibility index (Phi) is 4.40. The summed E-state index contributed by atoms with van der Waals surface area (Å²) in [5.74, 6) is 0. The number of benzene rings is 1. The Bertz CT molecular complexity index is 543. The van der Waals surface area contributed by atoms with Crippen molar-refractivity contribution >= 4 is 51.5 Å². The third-order valence-electron chi connectivity index (χ3n) is 1.90. The molecule has 18 heavy (non-hydrogen) atoms. The molecular formula is C10H9ClN4OS2. The second kappa shape index (κ2) is 6.03. The largest absolute Gasteiger partial charge is 0.325 e. The van der Waals surface area contributed by atoms with Crippen LogP contribution in [0.5, 0.6) is 0 Å². The molecule has 0 saturated heterocycles. The zero-order valence-corrected chi connectivity index (χ0v) is 11.7. The molecule has 0 fully saturated rings. The van der Waals surface area contributed by atoms with Crippen molar-refractivity contribution in [1.29, 1.82) is 0 Å². The summed E-state index contributed by atoms with van der Waals surface area (Å²) < 4.78 is 0.803. The van der Waals surface area contributed by atoms with Crippen molar-refractivity contribution in [3.05, 3.63) is 29.3 Å². The molecule has 1 heterocycles. The Hall–Kier alpha value is -1.31. The van der Waals surface area contributed by atoms with E-state index in [2.05, 4.69) is 20.8 Å². The molecule has 0 unspecified atom stereocenters. The van der Waals surface area contributed by atoms with E-state index in [0.29, 0.717) is 15.8 Å². The summed E-state index contributed by atoms with van der Waals surface area (Å²) in [7, 11) is 0. The van der Waals surface area contributed by atoms with Crippen LogP contribution in [-0.2, 0) is 0 Å². The van der Waals surface area contributed by atoms with Crippen LogP contribution >= 0.6 is 34.7 Å². The highest BCUT2D eigenvalue weighted by Crippen LogP contribution is 2.23. The number of nitrogens with zero attached hydrogens (tertiary/aromatic N) is 2. The summed E-state index contributed by atoms with van der Waals surface area (Å²) in [6.07, 6.45) is 1.90. The second-order valence-corrected chi connectivity index (χ2v) is 5.63. The fraction of sp³-hybridized carbons (Fsp3) is 0.100. The molecule has 1 aromatic heterocycles. The van der Waals surface area contributed by atoms with Crippen molar-refractivity contribution in [2.75, 3.05) is 16.9 Å². The first-order valence-electron chi connectivity index (χ1n) is 4.88. The normalized spacial score (nSPS) is 10.1. The first-order chi connectivity index (χ1) is 8.67. The van der Waals surface area contributed by atoms with Gasteiger partial charge in [0.15, 0.2) is 4.34 Å². The van der Waals surface area contributed by atoms with E-state index in [9.17, 15) is 4.79 Å². The van der Waals surface area contributed by atoms with E-state index in [4.69, 9.17) is 11.6 Å². The number of hydrogen-bond acceptors (Lipinski definition) is 5. The van der Waals surface area contributed by atoms with Crippen LogP contribution in [-0.4, -0.2) is 22.5 Å². The molecule has 0 aliphatic carbocycles. The maximum absolute atomic E-state index is 11.6. The molecule has 2 amide bonds. The molecule has 1 aromatic carbocycles. The summed E-state index contributed by atoms with van der Waals surface area (Å²) >= 11 is 8.55. The Morgan fingerprint density at radius 3 is 2.61 bits per heavy atom. The number of urea groups is 1. The molecule has 2 aromatic rings. The minimum Gasteiger partial charge on any atom is -0.308 e. The molecule has 0 saturated carbocycles. The Morgan fingerprint density at radius 1 is 1.28 bits per heavy atom. The van der Waals surface area contributed by atoms with Crippen molar-refractivity contribution in [3.8, 4) is 0 Å². The third-order valence-corrected chi connectivity index (χ3v) is 3.97. The van der Waals surface area contributed by atoms with Crippen LogP contribution in [0.3, 0.4) is 0 Å². The minimum absolute atomic E-state index is 0.360. The average Bonchev–Trinajstić information content (AvgIpc) is 2.79. The number of halogens is 1. The highest BCUT2D eigenvalue weighted by molar-refractivity contribution is 8.00. The number of hydrogen-bond donors (Lipinski definition) is 2. The molecule has 0 bridgehead atoms. The lowest BCUT2D eigenvalue weighted by Gasteiger charge is -2.04. The van der Waals surface area contributed by atoms with Crippen LogP contribution in [0.25, 0.3) is 0 Å². The van der Waals surface area contributed by atoms with Gasteiger partial charge in [0.25, 0.3) is 0 Å². The van der Waals surface area contributed by atoms with Gasteiger partial charge in [0.1, 0.15) is 0 Å². The monoisotopic (exact) mass is 300 g/mol. The molecule has 0 spiro atoms. The number of amides is 2. The summed E-state index contributed by atoms with van der Waals surface area (Å²) in [6, 6.07) is 6.48. The van der Waals surface area contributed by atoms with Gasteiger partial charge in [-0.3, -0.25) is 5.32 Å². The molecule has 0 aliphatic rings. The van der Waals surface area contributed by atoms with E-state index < -0.39 is 0 Å². The van der Waals surface area contributed by atoms with Gasteiger partial charge in [-0.05, 0) is 30.5 Å². The van der Waals surface area contributed by atoms with Crippen LogP contribution in [0.15, 0.2) is 28.6 Å². The van der Waals surface area contributed by atoms with Crippen molar-refractivity contribution in [2.45, 2.75) is 4.34 Å². The number of carbonyl (C=O) groups is 1. The highest BCUT2D eigenvalue weighted by atomic mass is 35.5. The van der Waals surface area contributed by atoms with E-state index in [1.165, 1.54) is 23.1 Å². The number of carbonyl (C=O) groups excluding carboxylic acids is 1. The van der Waals surface area contributed by atoms with Crippen LogP contribution in [0, 0.1) is 0 Å². The van der Waals surface area contributed by atoms with Crippen LogP contribution in [0.4, 0.5) is 15.6 Å². The lowest BCUT2D eigenvalue weighted by Crippen LogP contribution is -2.19. The van der Waals surface area contributed by atoms with E-state index in [-0.39, 0.29) is 6.03 Å². The molecule has 0 atom stereocenters. The number of anilines is 2. The molecular weight excluding hydrogens is 292 g/mol. The lowest BCUT2D eigenvalue weighted by atomic mass is 10.3. The van der Waals surface area contributed by atoms with Crippen LogP contribution in [0.1, 0.15) is 0 Å². The van der Waals surface area contributed by atoms with E-state index >= 15 is 0 Å². The predicted molar refractivity (Wildman–Crippen MR) is 75.8 cm³/mol. The second-order valence-electron chi connectivity index (χ2n) is 3.16. The topological polar surface area (TPSA) is 66.9 Å². The maximum Gasteiger partial charge on any atom is 0.325 e. The standard InChI is InChI=1S/C10H9ClN4OS2/c1-17-10-15-14-9(18-10)13-8(16)12-7-4-2-6(11)3-5-7/h2-5H,1H3,(H2,12,13,14,16). The van der Waals surface area contributed by atoms with Crippen molar-refractivity contribution in [3.63, 3.8) is 0 Å². The molecule has 94 valence electrons. The number of nitrogens with one attached hydrogen (secondary N) is 2. The van der Waals surface area contributed by atoms with Gasteiger partial charge in [0.2, 0.25) is 5.13 Å².